The van der Waals surface area contributed by atoms with Gasteiger partial charge in [-0.1, -0.05) is 0 Å². The second kappa shape index (κ2) is 4.47. The summed E-state index contributed by atoms with van der Waals surface area (Å²) >= 11 is 0. The van der Waals surface area contributed by atoms with Crippen LogP contribution in [0.15, 0.2) is 0 Å². The zero-order chi connectivity index (χ0) is 10.8. The third-order valence-corrected chi connectivity index (χ3v) is 3.15. The molecule has 2 aliphatic rings. The average molecular weight is 213 g/mol. The van der Waals surface area contributed by atoms with E-state index >= 15 is 0 Å². The van der Waals surface area contributed by atoms with Crippen molar-refractivity contribution < 1.29 is 9.90 Å². The number of nitrogens with zero attached hydrogens (tertiary/aromatic N) is 3. The van der Waals surface area contributed by atoms with Gasteiger partial charge in [0.15, 0.2) is 0 Å². The summed E-state index contributed by atoms with van der Waals surface area (Å²) in [6, 6.07) is 0. The highest BCUT2D eigenvalue weighted by molar-refractivity contribution is 5.78. The highest BCUT2D eigenvalue weighted by atomic mass is 16.3. The first-order chi connectivity index (χ1) is 7.15. The van der Waals surface area contributed by atoms with Crippen LogP contribution in [0.1, 0.15) is 0 Å². The van der Waals surface area contributed by atoms with Gasteiger partial charge in [-0.2, -0.15) is 0 Å². The molecule has 0 aromatic carbocycles. The molecule has 0 unspecified atom stereocenters. The summed E-state index contributed by atoms with van der Waals surface area (Å²) in [6.45, 7) is 5.39. The first-order valence-corrected chi connectivity index (χ1v) is 5.52. The fourth-order valence-corrected chi connectivity index (χ4v) is 2.02. The van der Waals surface area contributed by atoms with Crippen molar-refractivity contribution >= 4 is 5.91 Å². The molecule has 0 aliphatic carbocycles. The Bertz CT molecular complexity index is 233. The monoisotopic (exact) mass is 213 g/mol. The molecule has 0 aromatic rings. The lowest BCUT2D eigenvalue weighted by molar-refractivity contribution is -0.136. The molecule has 0 aromatic heterocycles. The number of rotatable bonds is 2. The minimum absolute atomic E-state index is 0.204. The molecule has 5 heteroatoms. The molecular formula is C10H19N3O2. The fourth-order valence-electron chi connectivity index (χ4n) is 2.02. The maximum atomic E-state index is 11.8. The van der Waals surface area contributed by atoms with Crippen LogP contribution in [0.2, 0.25) is 0 Å². The van der Waals surface area contributed by atoms with E-state index in [-0.39, 0.29) is 12.0 Å². The summed E-state index contributed by atoms with van der Waals surface area (Å²) in [7, 11) is 2.08. The third-order valence-electron chi connectivity index (χ3n) is 3.15. The molecule has 0 bridgehead atoms. The van der Waals surface area contributed by atoms with Gasteiger partial charge < -0.3 is 14.9 Å². The summed E-state index contributed by atoms with van der Waals surface area (Å²) in [5.74, 6) is 0.204. The van der Waals surface area contributed by atoms with Gasteiger partial charge in [0.2, 0.25) is 5.91 Å². The summed E-state index contributed by atoms with van der Waals surface area (Å²) in [4.78, 5) is 17.9. The Morgan fingerprint density at radius 3 is 2.40 bits per heavy atom. The molecule has 0 saturated carbocycles. The standard InChI is InChI=1S/C10H19N3O2/c1-11-2-4-13(5-3-11)10(15)8-12-6-9(14)7-12/h9,14H,2-8H2,1H3. The molecule has 0 spiro atoms. The zero-order valence-corrected chi connectivity index (χ0v) is 9.22. The van der Waals surface area contributed by atoms with Crippen molar-refractivity contribution in [3.8, 4) is 0 Å². The van der Waals surface area contributed by atoms with Crippen molar-refractivity contribution in [2.24, 2.45) is 0 Å². The van der Waals surface area contributed by atoms with Crippen LogP contribution in [-0.2, 0) is 4.79 Å². The van der Waals surface area contributed by atoms with E-state index in [2.05, 4.69) is 11.9 Å². The van der Waals surface area contributed by atoms with Crippen LogP contribution >= 0.6 is 0 Å². The maximum Gasteiger partial charge on any atom is 0.236 e. The van der Waals surface area contributed by atoms with Gasteiger partial charge in [-0.25, -0.2) is 0 Å². The number of carbonyl (C=O) groups excluding carboxylic acids is 1. The molecule has 1 amide bonds. The number of likely N-dealkylation sites (tertiary alicyclic amines) is 1. The number of piperazine rings is 1. The first-order valence-electron chi connectivity index (χ1n) is 5.52. The number of aliphatic hydroxyl groups is 1. The van der Waals surface area contributed by atoms with E-state index in [4.69, 9.17) is 5.11 Å². The highest BCUT2D eigenvalue weighted by Crippen LogP contribution is 2.08. The first kappa shape index (κ1) is 10.9. The lowest BCUT2D eigenvalue weighted by atomic mass is 10.1. The summed E-state index contributed by atoms with van der Waals surface area (Å²) in [5, 5.41) is 9.10. The van der Waals surface area contributed by atoms with Crippen LogP contribution in [0, 0.1) is 0 Å². The second-order valence-electron chi connectivity index (χ2n) is 4.53. The summed E-state index contributed by atoms with van der Waals surface area (Å²) < 4.78 is 0. The van der Waals surface area contributed by atoms with Gasteiger partial charge in [0.1, 0.15) is 0 Å². The van der Waals surface area contributed by atoms with Gasteiger partial charge >= 0.3 is 0 Å². The van der Waals surface area contributed by atoms with E-state index < -0.39 is 0 Å². The molecule has 15 heavy (non-hydrogen) atoms. The summed E-state index contributed by atoms with van der Waals surface area (Å²) in [6.07, 6.45) is -0.217. The zero-order valence-electron chi connectivity index (χ0n) is 9.22. The fraction of sp³-hybridized carbons (Fsp3) is 0.900. The Kier molecular flexibility index (Phi) is 3.23. The van der Waals surface area contributed by atoms with Crippen LogP contribution in [0.25, 0.3) is 0 Å². The number of amides is 1. The Hall–Kier alpha value is -0.650. The normalized spacial score (nSPS) is 25.3. The predicted octanol–water partition coefficient (Wildman–Crippen LogP) is -1.56. The SMILES string of the molecule is CN1CCN(C(=O)CN2CC(O)C2)CC1. The van der Waals surface area contributed by atoms with Crippen LogP contribution < -0.4 is 0 Å². The Labute approximate surface area is 90.2 Å². The molecule has 2 fully saturated rings. The van der Waals surface area contributed by atoms with Crippen LogP contribution in [0.3, 0.4) is 0 Å². The largest absolute Gasteiger partial charge is 0.390 e. The molecule has 2 saturated heterocycles. The maximum absolute atomic E-state index is 11.8. The Morgan fingerprint density at radius 2 is 1.87 bits per heavy atom. The van der Waals surface area contributed by atoms with Crippen LogP contribution in [0.5, 0.6) is 0 Å². The Balaban J connectivity index is 1.71. The molecule has 2 heterocycles. The molecule has 5 nitrogen and oxygen atoms in total. The van der Waals surface area contributed by atoms with Crippen molar-refractivity contribution in [1.29, 1.82) is 0 Å². The van der Waals surface area contributed by atoms with Gasteiger partial charge in [-0.05, 0) is 7.05 Å². The topological polar surface area (TPSA) is 47.0 Å². The number of aliphatic hydroxyl groups excluding tert-OH is 1. The lowest BCUT2D eigenvalue weighted by Crippen LogP contribution is -2.56. The Morgan fingerprint density at radius 1 is 1.27 bits per heavy atom. The smallest absolute Gasteiger partial charge is 0.236 e. The van der Waals surface area contributed by atoms with E-state index in [1.165, 1.54) is 0 Å². The van der Waals surface area contributed by atoms with E-state index in [1.54, 1.807) is 0 Å². The third kappa shape index (κ3) is 2.68. The van der Waals surface area contributed by atoms with Crippen LogP contribution in [0.4, 0.5) is 0 Å². The van der Waals surface area contributed by atoms with E-state index in [1.807, 2.05) is 9.80 Å². The predicted molar refractivity (Wildman–Crippen MR) is 56.5 cm³/mol. The molecule has 0 atom stereocenters. The summed E-state index contributed by atoms with van der Waals surface area (Å²) in [5.41, 5.74) is 0. The number of carbonyl (C=O) groups is 1. The lowest BCUT2D eigenvalue weighted by Gasteiger charge is -2.38. The number of β-amino-alcohol motifs (C(OH)–C–C–N with tert-alkyl or cyclic N) is 1. The van der Waals surface area contributed by atoms with Gasteiger partial charge in [0.05, 0.1) is 12.6 Å². The van der Waals surface area contributed by atoms with Crippen molar-refractivity contribution in [3.63, 3.8) is 0 Å². The van der Waals surface area contributed by atoms with Gasteiger partial charge in [-0.15, -0.1) is 0 Å². The minimum atomic E-state index is -0.217. The minimum Gasteiger partial charge on any atom is -0.390 e. The van der Waals surface area contributed by atoms with Gasteiger partial charge in [-0.3, -0.25) is 9.69 Å². The van der Waals surface area contributed by atoms with Crippen molar-refractivity contribution in [3.05, 3.63) is 0 Å². The molecule has 2 aliphatic heterocycles. The number of likely N-dealkylation sites (N-methyl/N-ethyl adjacent to an activating group) is 1. The number of hydrogen-bond acceptors (Lipinski definition) is 4. The van der Waals surface area contributed by atoms with Crippen LogP contribution in [-0.4, -0.2) is 84.7 Å². The van der Waals surface area contributed by atoms with Crippen molar-refractivity contribution in [2.45, 2.75) is 6.10 Å². The van der Waals surface area contributed by atoms with E-state index in [0.717, 1.165) is 26.2 Å². The van der Waals surface area contributed by atoms with Crippen molar-refractivity contribution in [1.82, 2.24) is 14.7 Å². The van der Waals surface area contributed by atoms with Crippen molar-refractivity contribution in [2.75, 3.05) is 52.9 Å². The second-order valence-corrected chi connectivity index (χ2v) is 4.53. The molecule has 1 N–H and O–H groups in total. The number of hydrogen-bond donors (Lipinski definition) is 1. The molecule has 2 rings (SSSR count). The molecular weight excluding hydrogens is 194 g/mol. The van der Waals surface area contributed by atoms with Gasteiger partial charge in [0.25, 0.3) is 0 Å². The molecule has 86 valence electrons. The molecule has 0 radical (unpaired) electrons. The van der Waals surface area contributed by atoms with E-state index in [0.29, 0.717) is 19.6 Å². The van der Waals surface area contributed by atoms with Gasteiger partial charge in [0, 0.05) is 39.3 Å². The highest BCUT2D eigenvalue weighted by Gasteiger charge is 2.28. The average Bonchev–Trinajstić information content (AvgIpc) is 2.16. The quantitative estimate of drug-likeness (QED) is 0.602. The van der Waals surface area contributed by atoms with E-state index in [9.17, 15) is 4.79 Å².